The smallest absolute Gasteiger partial charge is 0.220 e. The molecule has 2 rings (SSSR count). The molecule has 0 aromatic rings. The van der Waals surface area contributed by atoms with Crippen molar-refractivity contribution in [2.75, 3.05) is 19.8 Å². The number of nitrogens with one attached hydrogen (secondary N) is 1. The van der Waals surface area contributed by atoms with E-state index < -0.39 is 86.8 Å². The Kier molecular flexibility index (Phi) is 52.4. The molecule has 0 aromatic carbocycles. The first kappa shape index (κ1) is 80.5. The molecular formula is C74H125NO13. The number of aliphatic hydroxyl groups is 8. The van der Waals surface area contributed by atoms with Gasteiger partial charge < -0.3 is 65.1 Å². The quantitative estimate of drug-likeness (QED) is 0.0204. The molecule has 14 heteroatoms. The van der Waals surface area contributed by atoms with Gasteiger partial charge in [-0.2, -0.15) is 0 Å². The molecule has 0 aromatic heterocycles. The van der Waals surface area contributed by atoms with Gasteiger partial charge in [0.15, 0.2) is 12.6 Å². The number of amides is 1. The van der Waals surface area contributed by atoms with Gasteiger partial charge in [-0.15, -0.1) is 0 Å². The lowest BCUT2D eigenvalue weighted by Gasteiger charge is -2.46. The van der Waals surface area contributed by atoms with E-state index in [-0.39, 0.29) is 18.9 Å². The van der Waals surface area contributed by atoms with E-state index >= 15 is 0 Å². The van der Waals surface area contributed by atoms with E-state index in [0.29, 0.717) is 6.42 Å². The molecule has 0 aliphatic carbocycles. The monoisotopic (exact) mass is 1240 g/mol. The van der Waals surface area contributed by atoms with Crippen LogP contribution in [-0.4, -0.2) is 140 Å². The largest absolute Gasteiger partial charge is 0.394 e. The van der Waals surface area contributed by atoms with Crippen molar-refractivity contribution in [3.63, 3.8) is 0 Å². The summed E-state index contributed by atoms with van der Waals surface area (Å²) in [5, 5.41) is 87.3. The highest BCUT2D eigenvalue weighted by Gasteiger charge is 2.51. The minimum Gasteiger partial charge on any atom is -0.394 e. The maximum absolute atomic E-state index is 13.3. The van der Waals surface area contributed by atoms with Gasteiger partial charge in [0.1, 0.15) is 48.8 Å². The van der Waals surface area contributed by atoms with Gasteiger partial charge in [-0.1, -0.05) is 270 Å². The van der Waals surface area contributed by atoms with Crippen LogP contribution in [0.3, 0.4) is 0 Å². The third-order valence-electron chi connectivity index (χ3n) is 16.2. The average Bonchev–Trinajstić information content (AvgIpc) is 2.99. The number of ether oxygens (including phenoxy) is 4. The number of hydrogen-bond donors (Lipinski definition) is 9. The van der Waals surface area contributed by atoms with Crippen LogP contribution in [-0.2, 0) is 23.7 Å². The zero-order valence-electron chi connectivity index (χ0n) is 54.7. The van der Waals surface area contributed by atoms with Crippen LogP contribution in [0.4, 0.5) is 0 Å². The van der Waals surface area contributed by atoms with Gasteiger partial charge >= 0.3 is 0 Å². The Morgan fingerprint density at radius 3 is 1.20 bits per heavy atom. The summed E-state index contributed by atoms with van der Waals surface area (Å²) in [5.41, 5.74) is 0. The normalized spacial score (nSPS) is 23.9. The standard InChI is InChI=1S/C74H125NO13/c1-3-5-7-9-11-13-15-17-19-20-21-22-23-24-25-26-27-28-29-30-31-32-33-34-35-36-37-38-39-40-41-42-44-46-48-50-52-54-56-58-66(79)75-62(63(78)57-55-53-51-49-47-45-43-18-16-14-12-10-8-6-4-2)61-85-73-71(84)69(82)72(65(60-77)87-73)88-74-70(83)68(81)67(80)64(59-76)86-74/h5,7,11,13,17,19,21-22,24-25,27-28,30-31,33-34,36-37,55,57,62-65,67-74,76-78,80-84H,3-4,6,8-10,12,14-16,18,20,23,26,29,32,35,38-54,56,58-61H2,1-2H3,(H,75,79)/b7-5-,13-11-,19-17-,22-21-,25-24-,28-27-,31-30-,34-33-,37-36-,57-55+. The lowest BCUT2D eigenvalue weighted by atomic mass is 9.97. The van der Waals surface area contributed by atoms with Gasteiger partial charge in [-0.25, -0.2) is 0 Å². The van der Waals surface area contributed by atoms with E-state index in [1.807, 2.05) is 6.08 Å². The highest BCUT2D eigenvalue weighted by Crippen LogP contribution is 2.30. The highest BCUT2D eigenvalue weighted by atomic mass is 16.7. The number of allylic oxidation sites excluding steroid dienone is 19. The summed E-state index contributed by atoms with van der Waals surface area (Å²) in [6.07, 6.45) is 66.8. The molecule has 0 spiro atoms. The van der Waals surface area contributed by atoms with Crippen LogP contribution in [0.2, 0.25) is 0 Å². The molecule has 2 aliphatic rings. The van der Waals surface area contributed by atoms with E-state index in [1.165, 1.54) is 116 Å². The minimum atomic E-state index is -1.79. The molecule has 0 saturated carbocycles. The Morgan fingerprint density at radius 2 is 0.784 bits per heavy atom. The van der Waals surface area contributed by atoms with Crippen molar-refractivity contribution >= 4 is 5.91 Å². The maximum Gasteiger partial charge on any atom is 0.220 e. The van der Waals surface area contributed by atoms with Crippen LogP contribution < -0.4 is 5.32 Å². The van der Waals surface area contributed by atoms with Crippen LogP contribution in [0.1, 0.15) is 245 Å². The predicted molar refractivity (Wildman–Crippen MR) is 359 cm³/mol. The number of rotatable bonds is 55. The molecule has 12 unspecified atom stereocenters. The van der Waals surface area contributed by atoms with Gasteiger partial charge in [0.25, 0.3) is 0 Å². The molecule has 14 nitrogen and oxygen atoms in total. The predicted octanol–water partition coefficient (Wildman–Crippen LogP) is 14.1. The summed E-state index contributed by atoms with van der Waals surface area (Å²) in [6, 6.07) is -0.924. The number of hydrogen-bond acceptors (Lipinski definition) is 13. The van der Waals surface area contributed by atoms with Crippen LogP contribution in [0.5, 0.6) is 0 Å². The Bertz CT molecular complexity index is 1940. The van der Waals surface area contributed by atoms with Crippen molar-refractivity contribution in [2.24, 2.45) is 0 Å². The Balaban J connectivity index is 1.62. The number of unbranched alkanes of at least 4 members (excludes halogenated alkanes) is 24. The van der Waals surface area contributed by atoms with Crippen molar-refractivity contribution in [1.82, 2.24) is 5.32 Å². The van der Waals surface area contributed by atoms with Crippen LogP contribution in [0.25, 0.3) is 0 Å². The van der Waals surface area contributed by atoms with Gasteiger partial charge in [0.2, 0.25) is 5.91 Å². The lowest BCUT2D eigenvalue weighted by Crippen LogP contribution is -2.65. The topological polar surface area (TPSA) is 228 Å². The van der Waals surface area contributed by atoms with Crippen LogP contribution in [0, 0.1) is 0 Å². The summed E-state index contributed by atoms with van der Waals surface area (Å²) in [6.45, 7) is 2.68. The molecule has 2 heterocycles. The fourth-order valence-electron chi connectivity index (χ4n) is 10.6. The van der Waals surface area contributed by atoms with Crippen molar-refractivity contribution in [3.05, 3.63) is 122 Å². The molecule has 2 saturated heterocycles. The van der Waals surface area contributed by atoms with Gasteiger partial charge in [-0.05, 0) is 89.9 Å². The van der Waals surface area contributed by atoms with Crippen molar-refractivity contribution in [1.29, 1.82) is 0 Å². The first-order valence-corrected chi connectivity index (χ1v) is 34.8. The molecule has 0 bridgehead atoms. The van der Waals surface area contributed by atoms with E-state index in [4.69, 9.17) is 18.9 Å². The molecule has 2 fully saturated rings. The average molecular weight is 1240 g/mol. The minimum absolute atomic E-state index is 0.247. The molecule has 504 valence electrons. The second-order valence-electron chi connectivity index (χ2n) is 23.9. The first-order chi connectivity index (χ1) is 43.1. The molecule has 2 aliphatic heterocycles. The number of carbonyl (C=O) groups is 1. The third-order valence-corrected chi connectivity index (χ3v) is 16.2. The van der Waals surface area contributed by atoms with E-state index in [1.54, 1.807) is 6.08 Å². The van der Waals surface area contributed by atoms with Gasteiger partial charge in [0, 0.05) is 6.42 Å². The Labute approximate surface area is 533 Å². The summed E-state index contributed by atoms with van der Waals surface area (Å²) >= 11 is 0. The lowest BCUT2D eigenvalue weighted by molar-refractivity contribution is -0.359. The maximum atomic E-state index is 13.3. The molecule has 88 heavy (non-hydrogen) atoms. The van der Waals surface area contributed by atoms with Gasteiger partial charge in [0.05, 0.1) is 32.0 Å². The van der Waals surface area contributed by atoms with E-state index in [9.17, 15) is 45.6 Å². The SMILES string of the molecule is CC/C=C\C/C=C\C/C=C\C/C=C\C/C=C\C/C=C\C/C=C\C/C=C\C/C=C\CCCCCCCCCCCCCC(=O)NC(COC1OC(CO)C(OC2OC(CO)C(O)C(O)C2O)C(O)C1O)C(O)/C=C/CCCCCCCCCCCCCCC. The Morgan fingerprint density at radius 1 is 0.420 bits per heavy atom. The zero-order valence-corrected chi connectivity index (χ0v) is 54.7. The molecule has 1 amide bonds. The number of aliphatic hydroxyl groups excluding tert-OH is 8. The summed E-state index contributed by atoms with van der Waals surface area (Å²) in [4.78, 5) is 13.3. The molecular weight excluding hydrogens is 1110 g/mol. The van der Waals surface area contributed by atoms with Crippen LogP contribution >= 0.6 is 0 Å². The van der Waals surface area contributed by atoms with Crippen molar-refractivity contribution < 1.29 is 64.6 Å². The molecule has 0 radical (unpaired) electrons. The second-order valence-corrected chi connectivity index (χ2v) is 23.9. The van der Waals surface area contributed by atoms with Crippen LogP contribution in [0.15, 0.2) is 122 Å². The summed E-state index contributed by atoms with van der Waals surface area (Å²) < 4.78 is 22.8. The van der Waals surface area contributed by atoms with E-state index in [0.717, 1.165) is 103 Å². The fourth-order valence-corrected chi connectivity index (χ4v) is 10.6. The summed E-state index contributed by atoms with van der Waals surface area (Å²) in [5.74, 6) is -0.247. The third kappa shape index (κ3) is 41.0. The van der Waals surface area contributed by atoms with Crippen molar-refractivity contribution in [2.45, 2.75) is 319 Å². The zero-order chi connectivity index (χ0) is 63.8. The van der Waals surface area contributed by atoms with Crippen molar-refractivity contribution in [3.8, 4) is 0 Å². The van der Waals surface area contributed by atoms with E-state index in [2.05, 4.69) is 129 Å². The molecule has 9 N–H and O–H groups in total. The molecule has 12 atom stereocenters. The first-order valence-electron chi connectivity index (χ1n) is 34.8. The van der Waals surface area contributed by atoms with Gasteiger partial charge in [-0.3, -0.25) is 4.79 Å². The highest BCUT2D eigenvalue weighted by molar-refractivity contribution is 5.76. The second kappa shape index (κ2) is 57.3. The fraction of sp³-hybridized carbons (Fsp3) is 0.716. The number of carbonyl (C=O) groups excluding carboxylic acids is 1. The summed E-state index contributed by atoms with van der Waals surface area (Å²) in [7, 11) is 0. The Hall–Kier alpha value is -3.61.